The van der Waals surface area contributed by atoms with E-state index in [0.29, 0.717) is 19.8 Å². The van der Waals surface area contributed by atoms with Crippen LogP contribution < -0.4 is 10.5 Å². The van der Waals surface area contributed by atoms with Crippen molar-refractivity contribution in [2.75, 3.05) is 13.2 Å². The number of aromatic nitrogens is 1. The molecule has 0 spiro atoms. The molecule has 2 heterocycles. The molecule has 4 nitrogen and oxygen atoms in total. The summed E-state index contributed by atoms with van der Waals surface area (Å²) in [6, 6.07) is 1.94. The molecule has 2 N–H and O–H groups in total. The highest BCUT2D eigenvalue weighted by molar-refractivity contribution is 5.37. The second kappa shape index (κ2) is 4.16. The number of hydrogen-bond donors (Lipinski definition) is 1. The largest absolute Gasteiger partial charge is 0.485 e. The number of nitrogens with two attached hydrogens (primary N) is 1. The summed E-state index contributed by atoms with van der Waals surface area (Å²) >= 11 is 0. The maximum absolute atomic E-state index is 5.79. The van der Waals surface area contributed by atoms with E-state index < -0.39 is 0 Å². The van der Waals surface area contributed by atoms with Gasteiger partial charge in [0.1, 0.15) is 11.9 Å². The Morgan fingerprint density at radius 2 is 2.27 bits per heavy atom. The van der Waals surface area contributed by atoms with Crippen molar-refractivity contribution < 1.29 is 9.47 Å². The number of aryl methyl sites for hydroxylation is 2. The molecule has 1 saturated heterocycles. The Bertz CT molecular complexity index is 362. The Labute approximate surface area is 89.4 Å². The SMILES string of the molecule is Cc1cc(OC2COC2)c(CN)c(C)n1. The molecule has 0 amide bonds. The maximum Gasteiger partial charge on any atom is 0.145 e. The Morgan fingerprint density at radius 1 is 1.53 bits per heavy atom. The van der Waals surface area contributed by atoms with Crippen molar-refractivity contribution in [2.24, 2.45) is 5.73 Å². The lowest BCUT2D eigenvalue weighted by Crippen LogP contribution is -2.38. The molecule has 0 bridgehead atoms. The predicted octanol–water partition coefficient (Wildman–Crippen LogP) is 0.935. The number of nitrogens with zero attached hydrogens (tertiary/aromatic N) is 1. The lowest BCUT2D eigenvalue weighted by Gasteiger charge is -2.28. The van der Waals surface area contributed by atoms with Crippen LogP contribution in [-0.4, -0.2) is 24.3 Å². The van der Waals surface area contributed by atoms with Gasteiger partial charge in [0.25, 0.3) is 0 Å². The van der Waals surface area contributed by atoms with Gasteiger partial charge in [0.15, 0.2) is 0 Å². The van der Waals surface area contributed by atoms with Gasteiger partial charge in [-0.15, -0.1) is 0 Å². The van der Waals surface area contributed by atoms with Gasteiger partial charge in [-0.25, -0.2) is 0 Å². The molecular weight excluding hydrogens is 192 g/mol. The molecule has 2 rings (SSSR count). The van der Waals surface area contributed by atoms with Gasteiger partial charge in [-0.2, -0.15) is 0 Å². The van der Waals surface area contributed by atoms with E-state index in [9.17, 15) is 0 Å². The molecule has 0 aromatic carbocycles. The summed E-state index contributed by atoms with van der Waals surface area (Å²) in [6.45, 7) is 5.72. The molecule has 15 heavy (non-hydrogen) atoms. The van der Waals surface area contributed by atoms with Crippen molar-refractivity contribution in [1.29, 1.82) is 0 Å². The van der Waals surface area contributed by atoms with Crippen LogP contribution in [0.2, 0.25) is 0 Å². The fourth-order valence-corrected chi connectivity index (χ4v) is 1.63. The topological polar surface area (TPSA) is 57.4 Å². The first-order chi connectivity index (χ1) is 7.20. The van der Waals surface area contributed by atoms with Crippen molar-refractivity contribution >= 4 is 0 Å². The monoisotopic (exact) mass is 208 g/mol. The number of pyridine rings is 1. The van der Waals surface area contributed by atoms with E-state index in [4.69, 9.17) is 15.2 Å². The van der Waals surface area contributed by atoms with Crippen LogP contribution in [0, 0.1) is 13.8 Å². The van der Waals surface area contributed by atoms with Crippen molar-refractivity contribution in [2.45, 2.75) is 26.5 Å². The molecule has 1 aromatic heterocycles. The molecule has 82 valence electrons. The first-order valence-electron chi connectivity index (χ1n) is 5.12. The molecule has 0 unspecified atom stereocenters. The lowest BCUT2D eigenvalue weighted by molar-refractivity contribution is -0.0800. The van der Waals surface area contributed by atoms with E-state index in [0.717, 1.165) is 22.7 Å². The third kappa shape index (κ3) is 2.11. The highest BCUT2D eigenvalue weighted by Crippen LogP contribution is 2.24. The van der Waals surface area contributed by atoms with Crippen LogP contribution in [0.5, 0.6) is 5.75 Å². The number of ether oxygens (including phenoxy) is 2. The summed E-state index contributed by atoms with van der Waals surface area (Å²) < 4.78 is 10.9. The van der Waals surface area contributed by atoms with Crippen LogP contribution in [0.1, 0.15) is 17.0 Å². The average Bonchev–Trinajstić information content (AvgIpc) is 2.10. The van der Waals surface area contributed by atoms with Gasteiger partial charge in [-0.3, -0.25) is 4.98 Å². The molecule has 1 aromatic rings. The van der Waals surface area contributed by atoms with Crippen LogP contribution in [-0.2, 0) is 11.3 Å². The standard InChI is InChI=1S/C11H16N2O2/c1-7-3-11(15-9-5-14-6-9)10(4-12)8(2)13-7/h3,9H,4-6,12H2,1-2H3. The van der Waals surface area contributed by atoms with Gasteiger partial charge in [-0.1, -0.05) is 0 Å². The minimum absolute atomic E-state index is 0.177. The Morgan fingerprint density at radius 3 is 2.80 bits per heavy atom. The quantitative estimate of drug-likeness (QED) is 0.803. The predicted molar refractivity (Wildman–Crippen MR) is 56.8 cm³/mol. The normalized spacial score (nSPS) is 16.2. The van der Waals surface area contributed by atoms with E-state index in [1.165, 1.54) is 0 Å². The zero-order valence-corrected chi connectivity index (χ0v) is 9.12. The van der Waals surface area contributed by atoms with Crippen LogP contribution in [0.15, 0.2) is 6.07 Å². The summed E-state index contributed by atoms with van der Waals surface area (Å²) in [6.07, 6.45) is 0.177. The molecule has 1 fully saturated rings. The molecule has 1 aliphatic rings. The Hall–Kier alpha value is -1.13. The fraction of sp³-hybridized carbons (Fsp3) is 0.545. The molecular formula is C11H16N2O2. The summed E-state index contributed by atoms with van der Waals surface area (Å²) in [5.41, 5.74) is 8.59. The summed E-state index contributed by atoms with van der Waals surface area (Å²) in [7, 11) is 0. The van der Waals surface area contributed by atoms with Crippen LogP contribution in [0.3, 0.4) is 0 Å². The molecule has 0 atom stereocenters. The van der Waals surface area contributed by atoms with Gasteiger partial charge in [0, 0.05) is 29.6 Å². The zero-order chi connectivity index (χ0) is 10.8. The first kappa shape index (κ1) is 10.4. The average molecular weight is 208 g/mol. The highest BCUT2D eigenvalue weighted by atomic mass is 16.6. The second-order valence-corrected chi connectivity index (χ2v) is 3.81. The van der Waals surface area contributed by atoms with Crippen molar-refractivity contribution in [3.63, 3.8) is 0 Å². The van der Waals surface area contributed by atoms with Crippen molar-refractivity contribution in [1.82, 2.24) is 4.98 Å². The van der Waals surface area contributed by atoms with E-state index in [2.05, 4.69) is 4.98 Å². The zero-order valence-electron chi connectivity index (χ0n) is 9.12. The van der Waals surface area contributed by atoms with Crippen LogP contribution in [0.4, 0.5) is 0 Å². The van der Waals surface area contributed by atoms with Crippen LogP contribution >= 0.6 is 0 Å². The Kier molecular flexibility index (Phi) is 2.88. The van der Waals surface area contributed by atoms with E-state index >= 15 is 0 Å². The van der Waals surface area contributed by atoms with E-state index in [-0.39, 0.29) is 6.10 Å². The smallest absolute Gasteiger partial charge is 0.145 e. The molecule has 4 heteroatoms. The van der Waals surface area contributed by atoms with Crippen molar-refractivity contribution in [3.05, 3.63) is 23.0 Å². The van der Waals surface area contributed by atoms with Gasteiger partial charge < -0.3 is 15.2 Å². The molecule has 1 aliphatic heterocycles. The third-order valence-electron chi connectivity index (χ3n) is 2.52. The second-order valence-electron chi connectivity index (χ2n) is 3.81. The van der Waals surface area contributed by atoms with Gasteiger partial charge in [0.05, 0.1) is 13.2 Å². The van der Waals surface area contributed by atoms with E-state index in [1.54, 1.807) is 0 Å². The highest BCUT2D eigenvalue weighted by Gasteiger charge is 2.21. The maximum atomic E-state index is 5.79. The van der Waals surface area contributed by atoms with Crippen molar-refractivity contribution in [3.8, 4) is 5.75 Å². The number of rotatable bonds is 3. The van der Waals surface area contributed by atoms with E-state index in [1.807, 2.05) is 19.9 Å². The lowest BCUT2D eigenvalue weighted by atomic mass is 10.1. The minimum Gasteiger partial charge on any atom is -0.485 e. The van der Waals surface area contributed by atoms with Crippen LogP contribution in [0.25, 0.3) is 0 Å². The van der Waals surface area contributed by atoms with Gasteiger partial charge >= 0.3 is 0 Å². The Balaban J connectivity index is 2.25. The summed E-state index contributed by atoms with van der Waals surface area (Å²) in [5.74, 6) is 0.857. The summed E-state index contributed by atoms with van der Waals surface area (Å²) in [5, 5.41) is 0. The molecule has 0 aliphatic carbocycles. The fourth-order valence-electron chi connectivity index (χ4n) is 1.63. The molecule has 0 radical (unpaired) electrons. The van der Waals surface area contributed by atoms with Gasteiger partial charge in [0.2, 0.25) is 0 Å². The number of hydrogen-bond acceptors (Lipinski definition) is 4. The third-order valence-corrected chi connectivity index (χ3v) is 2.52. The molecule has 0 saturated carbocycles. The summed E-state index contributed by atoms with van der Waals surface area (Å²) in [4.78, 5) is 4.36. The van der Waals surface area contributed by atoms with Gasteiger partial charge in [-0.05, 0) is 13.8 Å². The minimum atomic E-state index is 0.177. The first-order valence-corrected chi connectivity index (χ1v) is 5.12.